The summed E-state index contributed by atoms with van der Waals surface area (Å²) in [4.78, 5) is 13.1. The van der Waals surface area contributed by atoms with E-state index in [4.69, 9.17) is 9.47 Å². The van der Waals surface area contributed by atoms with E-state index in [2.05, 4.69) is 92.1 Å². The molecule has 0 bridgehead atoms. The number of allylic oxidation sites excluding steroid dienone is 13. The molecule has 7 unspecified atom stereocenters. The number of carbonyl (C=O) groups is 1. The van der Waals surface area contributed by atoms with E-state index in [-0.39, 0.29) is 12.5 Å². The predicted octanol–water partition coefficient (Wildman–Crippen LogP) is 20.9. The molecule has 0 aromatic carbocycles. The third kappa shape index (κ3) is 54.8. The molecule has 0 aliphatic carbocycles. The van der Waals surface area contributed by atoms with Crippen LogP contribution in [-0.2, 0) is 14.3 Å². The summed E-state index contributed by atoms with van der Waals surface area (Å²) in [6, 6.07) is -0.825. The van der Waals surface area contributed by atoms with Crippen LogP contribution in [0.1, 0.15) is 348 Å². The SMILES string of the molecule is CC/C=C\C/C=C\C/C=C\C/C=C\C/C=C\CCCCCCCCCCCCCCCCCCCCCCCCCC(=O)NC(COC1OC(CO)C(O)C(O)C1O)C(O)/C=C/CC/C=C/CCCCCCCCCCCCCCCCCCCCC. The van der Waals surface area contributed by atoms with Crippen molar-refractivity contribution in [2.24, 2.45) is 0 Å². The number of rotatable bonds is 65. The Morgan fingerprint density at radius 1 is 0.402 bits per heavy atom. The van der Waals surface area contributed by atoms with Crippen molar-refractivity contribution in [2.45, 2.75) is 391 Å². The molecule has 506 valence electrons. The number of nitrogens with one attached hydrogen (secondary N) is 1. The van der Waals surface area contributed by atoms with Crippen LogP contribution in [0.2, 0.25) is 0 Å². The molecule has 1 saturated heterocycles. The topological polar surface area (TPSA) is 149 Å². The average molecular weight is 1220 g/mol. The van der Waals surface area contributed by atoms with Crippen LogP contribution < -0.4 is 5.32 Å². The smallest absolute Gasteiger partial charge is 0.220 e. The number of aliphatic hydroxyl groups is 5. The zero-order chi connectivity index (χ0) is 62.8. The van der Waals surface area contributed by atoms with Crippen LogP contribution in [-0.4, -0.2) is 87.5 Å². The number of unbranched alkanes of at least 4 members (excludes halogenated alkanes) is 43. The summed E-state index contributed by atoms with van der Waals surface area (Å²) in [5.74, 6) is -0.181. The second kappa shape index (κ2) is 66.3. The minimum Gasteiger partial charge on any atom is -0.394 e. The van der Waals surface area contributed by atoms with Crippen LogP contribution in [0, 0.1) is 0 Å². The Bertz CT molecular complexity index is 1650. The van der Waals surface area contributed by atoms with Crippen molar-refractivity contribution in [3.8, 4) is 0 Å². The minimum atomic E-state index is -1.57. The van der Waals surface area contributed by atoms with Gasteiger partial charge in [-0.25, -0.2) is 0 Å². The van der Waals surface area contributed by atoms with Crippen molar-refractivity contribution in [2.75, 3.05) is 13.2 Å². The highest BCUT2D eigenvalue weighted by Crippen LogP contribution is 2.23. The van der Waals surface area contributed by atoms with Crippen LogP contribution in [0.5, 0.6) is 0 Å². The van der Waals surface area contributed by atoms with E-state index in [9.17, 15) is 30.3 Å². The maximum absolute atomic E-state index is 13.1. The van der Waals surface area contributed by atoms with Crippen molar-refractivity contribution in [3.63, 3.8) is 0 Å². The molecule has 9 nitrogen and oxygen atoms in total. The van der Waals surface area contributed by atoms with E-state index in [1.54, 1.807) is 6.08 Å². The van der Waals surface area contributed by atoms with Gasteiger partial charge in [0.15, 0.2) is 6.29 Å². The fraction of sp³-hybridized carbons (Fsp3) is 0.808. The van der Waals surface area contributed by atoms with Crippen LogP contribution in [0.15, 0.2) is 85.1 Å². The number of hydrogen-bond donors (Lipinski definition) is 6. The van der Waals surface area contributed by atoms with E-state index in [0.29, 0.717) is 6.42 Å². The number of amides is 1. The Morgan fingerprint density at radius 3 is 1.10 bits per heavy atom. The Labute approximate surface area is 537 Å². The molecular formula is C78H141NO8. The number of carbonyl (C=O) groups excluding carboxylic acids is 1. The second-order valence-electron chi connectivity index (χ2n) is 25.7. The second-order valence-corrected chi connectivity index (χ2v) is 25.7. The summed E-state index contributed by atoms with van der Waals surface area (Å²) in [5.41, 5.74) is 0. The maximum Gasteiger partial charge on any atom is 0.220 e. The van der Waals surface area contributed by atoms with E-state index in [1.165, 1.54) is 257 Å². The standard InChI is InChI=1S/C78H141NO8/c1-3-5-7-9-11-13-15-17-19-21-23-25-27-29-30-31-32-33-34-35-36-37-38-39-40-41-42-44-46-48-50-52-54-56-58-60-62-64-66-68-74(82)79-71(70-86-78-77(85)76(84)75(83)73(69-80)87-78)72(81)67-65-63-61-59-57-55-53-51-49-47-45-43-28-26-24-22-20-18-16-14-12-10-8-6-4-2/h5,7,11,13,17,19,23,25,29-30,57,59,65,67,71-73,75-78,80-81,83-85H,3-4,6,8-10,12,14-16,18,20-22,24,26-28,31-56,58,60-64,66,68-70H2,1-2H3,(H,79,82)/b7-5-,13-11-,19-17-,25-23-,30-29-,59-57+,67-65+. The van der Waals surface area contributed by atoms with Gasteiger partial charge in [-0.15, -0.1) is 0 Å². The number of hydrogen-bond acceptors (Lipinski definition) is 8. The van der Waals surface area contributed by atoms with E-state index in [1.807, 2.05) is 6.08 Å². The minimum absolute atomic E-state index is 0.181. The number of aliphatic hydroxyl groups excluding tert-OH is 5. The summed E-state index contributed by atoms with van der Waals surface area (Å²) < 4.78 is 11.3. The summed E-state index contributed by atoms with van der Waals surface area (Å²) >= 11 is 0. The number of ether oxygens (including phenoxy) is 2. The normalized spacial score (nSPS) is 18.4. The van der Waals surface area contributed by atoms with Crippen LogP contribution in [0.4, 0.5) is 0 Å². The Kier molecular flexibility index (Phi) is 62.8. The van der Waals surface area contributed by atoms with Crippen LogP contribution >= 0.6 is 0 Å². The van der Waals surface area contributed by atoms with Gasteiger partial charge in [-0.05, 0) is 77.0 Å². The third-order valence-corrected chi connectivity index (χ3v) is 17.5. The molecule has 0 aromatic heterocycles. The average Bonchev–Trinajstić information content (AvgIpc) is 3.38. The fourth-order valence-corrected chi connectivity index (χ4v) is 11.7. The molecule has 1 amide bonds. The van der Waals surface area contributed by atoms with Crippen LogP contribution in [0.25, 0.3) is 0 Å². The summed E-state index contributed by atoms with van der Waals surface area (Å²) in [6.45, 7) is 3.69. The zero-order valence-electron chi connectivity index (χ0n) is 56.8. The van der Waals surface area contributed by atoms with Crippen molar-refractivity contribution in [3.05, 3.63) is 85.1 Å². The molecular weight excluding hydrogens is 1080 g/mol. The first kappa shape index (κ1) is 82.4. The monoisotopic (exact) mass is 1220 g/mol. The lowest BCUT2D eigenvalue weighted by Gasteiger charge is -2.40. The van der Waals surface area contributed by atoms with Gasteiger partial charge >= 0.3 is 0 Å². The Balaban J connectivity index is 2.09. The predicted molar refractivity (Wildman–Crippen MR) is 373 cm³/mol. The van der Waals surface area contributed by atoms with Crippen molar-refractivity contribution in [1.29, 1.82) is 0 Å². The van der Waals surface area contributed by atoms with Gasteiger partial charge in [0.2, 0.25) is 5.91 Å². The molecule has 0 saturated carbocycles. The van der Waals surface area contributed by atoms with E-state index < -0.39 is 49.5 Å². The van der Waals surface area contributed by atoms with E-state index >= 15 is 0 Å². The lowest BCUT2D eigenvalue weighted by molar-refractivity contribution is -0.302. The first-order valence-electron chi connectivity index (χ1n) is 37.3. The first-order chi connectivity index (χ1) is 42.8. The van der Waals surface area contributed by atoms with Gasteiger partial charge in [-0.3, -0.25) is 4.79 Å². The zero-order valence-corrected chi connectivity index (χ0v) is 56.8. The first-order valence-corrected chi connectivity index (χ1v) is 37.3. The quantitative estimate of drug-likeness (QED) is 0.0261. The molecule has 0 aromatic rings. The molecule has 1 fully saturated rings. The Hall–Kier alpha value is -2.63. The molecule has 1 aliphatic heterocycles. The molecule has 1 heterocycles. The molecule has 1 rings (SSSR count). The highest BCUT2D eigenvalue weighted by molar-refractivity contribution is 5.76. The third-order valence-electron chi connectivity index (χ3n) is 17.5. The fourth-order valence-electron chi connectivity index (χ4n) is 11.7. The lowest BCUT2D eigenvalue weighted by Crippen LogP contribution is -2.60. The Morgan fingerprint density at radius 2 is 0.724 bits per heavy atom. The van der Waals surface area contributed by atoms with Crippen molar-refractivity contribution in [1.82, 2.24) is 5.32 Å². The molecule has 1 aliphatic rings. The molecule has 6 N–H and O–H groups in total. The van der Waals surface area contributed by atoms with Gasteiger partial charge in [-0.1, -0.05) is 349 Å². The van der Waals surface area contributed by atoms with Gasteiger partial charge in [0.1, 0.15) is 24.4 Å². The summed E-state index contributed by atoms with van der Waals surface area (Å²) in [7, 11) is 0. The molecule has 0 radical (unpaired) electrons. The molecule has 7 atom stereocenters. The van der Waals surface area contributed by atoms with Crippen LogP contribution in [0.3, 0.4) is 0 Å². The molecule has 87 heavy (non-hydrogen) atoms. The maximum atomic E-state index is 13.1. The van der Waals surface area contributed by atoms with Gasteiger partial charge in [0, 0.05) is 6.42 Å². The molecule has 0 spiro atoms. The van der Waals surface area contributed by atoms with Gasteiger partial charge in [-0.2, -0.15) is 0 Å². The van der Waals surface area contributed by atoms with Gasteiger partial charge in [0.05, 0.1) is 25.4 Å². The van der Waals surface area contributed by atoms with Gasteiger partial charge in [0.25, 0.3) is 0 Å². The summed E-state index contributed by atoms with van der Waals surface area (Å²) in [5, 5.41) is 54.8. The summed E-state index contributed by atoms with van der Waals surface area (Å²) in [6.07, 6.45) is 88.6. The van der Waals surface area contributed by atoms with Crippen molar-refractivity contribution < 1.29 is 39.8 Å². The highest BCUT2D eigenvalue weighted by Gasteiger charge is 2.44. The highest BCUT2D eigenvalue weighted by atomic mass is 16.7. The van der Waals surface area contributed by atoms with E-state index in [0.717, 1.165) is 70.6 Å². The van der Waals surface area contributed by atoms with Gasteiger partial charge < -0.3 is 40.3 Å². The lowest BCUT2D eigenvalue weighted by atomic mass is 9.99. The van der Waals surface area contributed by atoms with Crippen molar-refractivity contribution >= 4 is 5.91 Å². The largest absolute Gasteiger partial charge is 0.394 e. The molecule has 9 heteroatoms.